The topological polar surface area (TPSA) is 90.4 Å². The number of benzene rings is 1. The van der Waals surface area contributed by atoms with Gasteiger partial charge in [-0.3, -0.25) is 14.9 Å². The first kappa shape index (κ1) is 16.9. The molecule has 2 aromatic rings. The van der Waals surface area contributed by atoms with Crippen LogP contribution in [-0.4, -0.2) is 10.7 Å². The Morgan fingerprint density at radius 3 is 2.61 bits per heavy atom. The van der Waals surface area contributed by atoms with E-state index in [1.54, 1.807) is 12.1 Å². The van der Waals surface area contributed by atoms with Gasteiger partial charge < -0.3 is 4.42 Å². The molecule has 23 heavy (non-hydrogen) atoms. The van der Waals surface area contributed by atoms with Crippen molar-refractivity contribution in [3.8, 4) is 0 Å². The third-order valence-corrected chi connectivity index (χ3v) is 3.74. The Morgan fingerprint density at radius 1 is 1.17 bits per heavy atom. The minimum absolute atomic E-state index is 0.00254. The van der Waals surface area contributed by atoms with E-state index in [1.165, 1.54) is 12.5 Å². The second-order valence-electron chi connectivity index (χ2n) is 5.52. The average Bonchev–Trinajstić information content (AvgIpc) is 2.53. The van der Waals surface area contributed by atoms with Crippen LogP contribution in [0, 0.1) is 10.1 Å². The summed E-state index contributed by atoms with van der Waals surface area (Å²) in [6.45, 7) is 2.14. The van der Waals surface area contributed by atoms with Gasteiger partial charge in [0.25, 0.3) is 0 Å². The summed E-state index contributed by atoms with van der Waals surface area (Å²) in [5.74, 6) is -0.00254. The lowest BCUT2D eigenvalue weighted by atomic mass is 10.0. The minimum atomic E-state index is -0.988. The zero-order valence-corrected chi connectivity index (χ0v) is 13.0. The van der Waals surface area contributed by atoms with Gasteiger partial charge in [0.1, 0.15) is 5.58 Å². The lowest BCUT2D eigenvalue weighted by Gasteiger charge is -2.03. The quantitative estimate of drug-likeness (QED) is 0.239. The molecular weight excluding hydrogens is 298 g/mol. The summed E-state index contributed by atoms with van der Waals surface area (Å²) in [6, 6.07) is 5.79. The van der Waals surface area contributed by atoms with E-state index in [0.717, 1.165) is 31.7 Å². The number of nitro groups is 1. The van der Waals surface area contributed by atoms with E-state index in [1.807, 2.05) is 0 Å². The number of hydrogen-bond acceptors (Lipinski definition) is 5. The summed E-state index contributed by atoms with van der Waals surface area (Å²) in [7, 11) is 0. The van der Waals surface area contributed by atoms with Gasteiger partial charge in [-0.2, -0.15) is 0 Å². The molecule has 6 nitrogen and oxygen atoms in total. The van der Waals surface area contributed by atoms with Crippen LogP contribution in [0.4, 0.5) is 5.69 Å². The maximum Gasteiger partial charge on any atom is 0.415 e. The molecule has 1 aromatic carbocycles. The molecule has 0 bridgehead atoms. The minimum Gasteiger partial charge on any atom is -0.418 e. The molecule has 1 heterocycles. The zero-order valence-electron chi connectivity index (χ0n) is 13.0. The van der Waals surface area contributed by atoms with Gasteiger partial charge in [-0.25, -0.2) is 4.79 Å². The van der Waals surface area contributed by atoms with Crippen molar-refractivity contribution >= 4 is 22.4 Å². The summed E-state index contributed by atoms with van der Waals surface area (Å²) in [4.78, 5) is 33.6. The smallest absolute Gasteiger partial charge is 0.415 e. The Labute approximate surface area is 133 Å². The average molecular weight is 317 g/mol. The van der Waals surface area contributed by atoms with Crippen molar-refractivity contribution in [2.45, 2.75) is 45.4 Å². The van der Waals surface area contributed by atoms with Crippen LogP contribution in [0.25, 0.3) is 11.0 Å². The highest BCUT2D eigenvalue weighted by Gasteiger charge is 2.16. The van der Waals surface area contributed by atoms with Gasteiger partial charge in [0.05, 0.1) is 4.92 Å². The second kappa shape index (κ2) is 7.67. The molecule has 0 fully saturated rings. The largest absolute Gasteiger partial charge is 0.418 e. The third-order valence-electron chi connectivity index (χ3n) is 3.74. The molecule has 0 N–H and O–H groups in total. The van der Waals surface area contributed by atoms with Crippen molar-refractivity contribution in [2.24, 2.45) is 0 Å². The van der Waals surface area contributed by atoms with E-state index in [0.29, 0.717) is 17.4 Å². The Morgan fingerprint density at radius 2 is 1.91 bits per heavy atom. The summed E-state index contributed by atoms with van der Waals surface area (Å²) in [5, 5.41) is 11.2. The highest BCUT2D eigenvalue weighted by atomic mass is 16.6. The van der Waals surface area contributed by atoms with Crippen LogP contribution in [-0.2, 0) is 0 Å². The van der Waals surface area contributed by atoms with Crippen molar-refractivity contribution in [3.63, 3.8) is 0 Å². The van der Waals surface area contributed by atoms with Crippen LogP contribution in [0.15, 0.2) is 33.5 Å². The molecule has 1 aromatic heterocycles. The SMILES string of the molecule is CCCCCCCC(=O)c1ccc2oc(=O)c([N+](=O)[O-])cc2c1. The highest BCUT2D eigenvalue weighted by molar-refractivity contribution is 5.99. The third kappa shape index (κ3) is 4.25. The molecule has 0 unspecified atom stereocenters. The molecule has 0 radical (unpaired) electrons. The van der Waals surface area contributed by atoms with Gasteiger partial charge in [-0.1, -0.05) is 32.6 Å². The van der Waals surface area contributed by atoms with Crippen molar-refractivity contribution in [1.29, 1.82) is 0 Å². The van der Waals surface area contributed by atoms with Gasteiger partial charge in [0, 0.05) is 23.4 Å². The Kier molecular flexibility index (Phi) is 5.62. The van der Waals surface area contributed by atoms with Crippen LogP contribution >= 0.6 is 0 Å². The summed E-state index contributed by atoms with van der Waals surface area (Å²) in [6.07, 6.45) is 5.76. The molecule has 0 aliphatic heterocycles. The number of fused-ring (bicyclic) bond motifs is 1. The van der Waals surface area contributed by atoms with Crippen LogP contribution in [0.5, 0.6) is 0 Å². The fraction of sp³-hybridized carbons (Fsp3) is 0.412. The van der Waals surface area contributed by atoms with E-state index in [9.17, 15) is 19.7 Å². The normalized spacial score (nSPS) is 10.8. The summed E-state index contributed by atoms with van der Waals surface area (Å²) >= 11 is 0. The summed E-state index contributed by atoms with van der Waals surface area (Å²) in [5.41, 5.74) is -0.893. The number of carbonyl (C=O) groups excluding carboxylic acids is 1. The fourth-order valence-corrected chi connectivity index (χ4v) is 2.45. The number of carbonyl (C=O) groups is 1. The van der Waals surface area contributed by atoms with E-state index >= 15 is 0 Å². The number of nitrogens with zero attached hydrogens (tertiary/aromatic N) is 1. The molecule has 122 valence electrons. The molecule has 6 heteroatoms. The molecule has 0 amide bonds. The maximum atomic E-state index is 12.2. The van der Waals surface area contributed by atoms with Crippen molar-refractivity contribution in [1.82, 2.24) is 0 Å². The fourth-order valence-electron chi connectivity index (χ4n) is 2.45. The maximum absolute atomic E-state index is 12.2. The van der Waals surface area contributed by atoms with Crippen LogP contribution in [0.2, 0.25) is 0 Å². The van der Waals surface area contributed by atoms with Crippen molar-refractivity contribution < 1.29 is 14.1 Å². The predicted molar refractivity (Wildman–Crippen MR) is 86.8 cm³/mol. The Hall–Kier alpha value is -2.50. The van der Waals surface area contributed by atoms with Gasteiger partial charge in [-0.15, -0.1) is 0 Å². The van der Waals surface area contributed by atoms with Crippen molar-refractivity contribution in [3.05, 3.63) is 50.4 Å². The summed E-state index contributed by atoms with van der Waals surface area (Å²) < 4.78 is 4.91. The Bertz CT molecular complexity index is 778. The Balaban J connectivity index is 2.15. The van der Waals surface area contributed by atoms with Crippen molar-refractivity contribution in [2.75, 3.05) is 0 Å². The molecule has 0 atom stereocenters. The second-order valence-corrected chi connectivity index (χ2v) is 5.52. The molecular formula is C17H19NO5. The van der Waals surface area contributed by atoms with Gasteiger partial charge in [0.15, 0.2) is 5.78 Å². The molecule has 2 rings (SSSR count). The predicted octanol–water partition coefficient (Wildman–Crippen LogP) is 4.24. The highest BCUT2D eigenvalue weighted by Crippen LogP contribution is 2.20. The van der Waals surface area contributed by atoms with E-state index in [-0.39, 0.29) is 11.4 Å². The number of hydrogen-bond donors (Lipinski definition) is 0. The van der Waals surface area contributed by atoms with Crippen LogP contribution in [0.3, 0.4) is 0 Å². The molecule has 0 spiro atoms. The number of ketones is 1. The van der Waals surface area contributed by atoms with E-state index in [2.05, 4.69) is 6.92 Å². The number of unbranched alkanes of at least 4 members (excludes halogenated alkanes) is 4. The van der Waals surface area contributed by atoms with Gasteiger partial charge in [0.2, 0.25) is 0 Å². The van der Waals surface area contributed by atoms with Crippen LogP contribution in [0.1, 0.15) is 55.8 Å². The first-order valence-electron chi connectivity index (χ1n) is 7.78. The van der Waals surface area contributed by atoms with E-state index in [4.69, 9.17) is 4.42 Å². The first-order chi connectivity index (χ1) is 11.0. The van der Waals surface area contributed by atoms with Gasteiger partial charge in [-0.05, 0) is 24.6 Å². The lowest BCUT2D eigenvalue weighted by Crippen LogP contribution is -2.06. The number of Topliss-reactive ketones (excluding diaryl/α,β-unsaturated/α-hetero) is 1. The van der Waals surface area contributed by atoms with E-state index < -0.39 is 16.2 Å². The monoisotopic (exact) mass is 317 g/mol. The molecule has 0 saturated carbocycles. The molecule has 0 aliphatic carbocycles. The lowest BCUT2D eigenvalue weighted by molar-refractivity contribution is -0.387. The molecule has 0 saturated heterocycles. The first-order valence-corrected chi connectivity index (χ1v) is 7.78. The zero-order chi connectivity index (χ0) is 16.8. The molecule has 0 aliphatic rings. The van der Waals surface area contributed by atoms with Crippen LogP contribution < -0.4 is 5.63 Å². The van der Waals surface area contributed by atoms with Gasteiger partial charge >= 0.3 is 11.3 Å². The standard InChI is InChI=1S/C17H19NO5/c1-2-3-4-5-6-7-15(19)12-8-9-16-13(10-12)11-14(18(21)22)17(20)23-16/h8-11H,2-7H2,1H3. The number of rotatable bonds is 8.